The van der Waals surface area contributed by atoms with Crippen molar-refractivity contribution in [1.29, 1.82) is 0 Å². The minimum atomic E-state index is -1.06. The van der Waals surface area contributed by atoms with Gasteiger partial charge in [0.2, 0.25) is 0 Å². The molecule has 8 heteroatoms. The molecule has 17 heavy (non-hydrogen) atoms. The van der Waals surface area contributed by atoms with Gasteiger partial charge in [0.1, 0.15) is 17.9 Å². The Balaban J connectivity index is 2.75. The van der Waals surface area contributed by atoms with E-state index in [-0.39, 0.29) is 30.4 Å². The molecule has 0 spiro atoms. The molecule has 1 aromatic rings. The first-order chi connectivity index (χ1) is 8.02. The number of hydrogen-bond donors (Lipinski definition) is 3. The molecule has 1 aromatic heterocycles. The number of amides is 1. The predicted molar refractivity (Wildman–Crippen MR) is 58.4 cm³/mol. The topological polar surface area (TPSA) is 127 Å². The molecule has 1 heterocycles. The van der Waals surface area contributed by atoms with Gasteiger partial charge < -0.3 is 15.6 Å². The smallest absolute Gasteiger partial charge is 0.411 e. The summed E-state index contributed by atoms with van der Waals surface area (Å²) in [6, 6.07) is 0. The predicted octanol–water partition coefficient (Wildman–Crippen LogP) is 0.254. The van der Waals surface area contributed by atoms with Gasteiger partial charge in [0.25, 0.3) is 0 Å². The lowest BCUT2D eigenvalue weighted by atomic mass is 10.4. The number of nitrogens with one attached hydrogen (secondary N) is 1. The highest BCUT2D eigenvalue weighted by atomic mass is 16.5. The van der Waals surface area contributed by atoms with E-state index < -0.39 is 12.1 Å². The Hall–Kier alpha value is -2.38. The Bertz CT molecular complexity index is 435. The van der Waals surface area contributed by atoms with Crippen LogP contribution < -0.4 is 11.1 Å². The van der Waals surface area contributed by atoms with Crippen molar-refractivity contribution in [3.8, 4) is 0 Å². The molecule has 0 atom stereocenters. The van der Waals surface area contributed by atoms with Gasteiger partial charge in [-0.15, -0.1) is 0 Å². The quantitative estimate of drug-likeness (QED) is 0.688. The molecule has 4 N–H and O–H groups in total. The molecule has 92 valence electrons. The van der Waals surface area contributed by atoms with Gasteiger partial charge in [-0.05, 0) is 6.92 Å². The Morgan fingerprint density at radius 1 is 1.59 bits per heavy atom. The highest BCUT2D eigenvalue weighted by Crippen LogP contribution is 2.14. The molecule has 0 fully saturated rings. The highest BCUT2D eigenvalue weighted by Gasteiger charge is 2.10. The average Bonchev–Trinajstić information content (AvgIpc) is 2.21. The van der Waals surface area contributed by atoms with Gasteiger partial charge in [-0.25, -0.2) is 14.8 Å². The molecule has 0 unspecified atom stereocenters. The van der Waals surface area contributed by atoms with Crippen molar-refractivity contribution < 1.29 is 19.4 Å². The third-order valence-electron chi connectivity index (χ3n) is 1.69. The normalized spacial score (nSPS) is 9.71. The minimum absolute atomic E-state index is 0.00990. The van der Waals surface area contributed by atoms with Crippen molar-refractivity contribution in [2.75, 3.05) is 17.7 Å². The second kappa shape index (κ2) is 5.64. The molecule has 0 aliphatic rings. The lowest BCUT2D eigenvalue weighted by Gasteiger charge is -2.07. The Morgan fingerprint density at radius 3 is 2.82 bits per heavy atom. The molecule has 0 aliphatic carbocycles. The van der Waals surface area contributed by atoms with Crippen molar-refractivity contribution in [2.45, 2.75) is 13.3 Å². The molecule has 1 rings (SSSR count). The van der Waals surface area contributed by atoms with E-state index in [9.17, 15) is 9.59 Å². The number of rotatable bonds is 4. The second-order valence-corrected chi connectivity index (χ2v) is 3.00. The number of nitrogen functional groups attached to an aromatic ring is 1. The summed E-state index contributed by atoms with van der Waals surface area (Å²) in [4.78, 5) is 29.0. The fraction of sp³-hybridized carbons (Fsp3) is 0.333. The van der Waals surface area contributed by atoms with Crippen LogP contribution in [0.3, 0.4) is 0 Å². The molecular formula is C9H12N4O4. The maximum Gasteiger partial charge on any atom is 0.411 e. The first-order valence-electron chi connectivity index (χ1n) is 4.80. The maximum atomic E-state index is 11.1. The van der Waals surface area contributed by atoms with Crippen LogP contribution in [0.1, 0.15) is 12.7 Å². The molecule has 1 amide bonds. The van der Waals surface area contributed by atoms with Crippen molar-refractivity contribution in [3.63, 3.8) is 0 Å². The van der Waals surface area contributed by atoms with E-state index in [2.05, 4.69) is 20.0 Å². The van der Waals surface area contributed by atoms with E-state index in [0.717, 1.165) is 0 Å². The maximum absolute atomic E-state index is 11.1. The van der Waals surface area contributed by atoms with Gasteiger partial charge in [0.15, 0.2) is 5.82 Å². The summed E-state index contributed by atoms with van der Waals surface area (Å²) in [5, 5.41) is 10.9. The number of carboxylic acid groups (broad SMARTS) is 1. The summed E-state index contributed by atoms with van der Waals surface area (Å²) in [6.07, 6.45) is 0.232. The third-order valence-corrected chi connectivity index (χ3v) is 1.69. The van der Waals surface area contributed by atoms with Gasteiger partial charge in [-0.3, -0.25) is 10.1 Å². The fourth-order valence-electron chi connectivity index (χ4n) is 1.03. The van der Waals surface area contributed by atoms with Gasteiger partial charge in [-0.2, -0.15) is 0 Å². The second-order valence-electron chi connectivity index (χ2n) is 3.00. The zero-order valence-electron chi connectivity index (χ0n) is 9.14. The van der Waals surface area contributed by atoms with Gasteiger partial charge in [0, 0.05) is 0 Å². The minimum Gasteiger partial charge on any atom is -0.481 e. The molecule has 0 aromatic carbocycles. The number of carbonyl (C=O) groups is 2. The van der Waals surface area contributed by atoms with Crippen LogP contribution in [0.15, 0.2) is 6.20 Å². The lowest BCUT2D eigenvalue weighted by Crippen LogP contribution is -2.16. The molecule has 0 radical (unpaired) electrons. The standard InChI is InChI=1S/C9H12N4O4/c1-2-17-9(16)12-5-4-11-6(3-7(14)15)13-8(5)10/h4H,2-3H2,1H3,(H,12,16)(H,14,15)(H2,10,11,13). The Morgan fingerprint density at radius 2 is 2.29 bits per heavy atom. The summed E-state index contributed by atoms with van der Waals surface area (Å²) in [5.74, 6) is -0.996. The van der Waals surface area contributed by atoms with Crippen LogP contribution in [0.4, 0.5) is 16.3 Å². The van der Waals surface area contributed by atoms with Crippen LogP contribution in [0, 0.1) is 0 Å². The lowest BCUT2D eigenvalue weighted by molar-refractivity contribution is -0.136. The zero-order chi connectivity index (χ0) is 12.8. The molecule has 8 nitrogen and oxygen atoms in total. The number of nitrogens with two attached hydrogens (primary N) is 1. The SMILES string of the molecule is CCOC(=O)Nc1cnc(CC(=O)O)nc1N. The van der Waals surface area contributed by atoms with Crippen LogP contribution in [0.25, 0.3) is 0 Å². The van der Waals surface area contributed by atoms with Crippen LogP contribution >= 0.6 is 0 Å². The number of hydrogen-bond acceptors (Lipinski definition) is 6. The number of aromatic nitrogens is 2. The van der Waals surface area contributed by atoms with Gasteiger partial charge in [-0.1, -0.05) is 0 Å². The van der Waals surface area contributed by atoms with Gasteiger partial charge >= 0.3 is 12.1 Å². The largest absolute Gasteiger partial charge is 0.481 e. The Labute approximate surface area is 96.8 Å². The van der Waals surface area contributed by atoms with Crippen LogP contribution in [0.5, 0.6) is 0 Å². The van der Waals surface area contributed by atoms with E-state index in [4.69, 9.17) is 10.8 Å². The van der Waals surface area contributed by atoms with Gasteiger partial charge in [0.05, 0.1) is 12.8 Å². The third kappa shape index (κ3) is 3.93. The van der Waals surface area contributed by atoms with E-state index in [1.165, 1.54) is 6.20 Å². The van der Waals surface area contributed by atoms with E-state index in [1.807, 2.05) is 0 Å². The number of anilines is 2. The highest BCUT2D eigenvalue weighted by molar-refractivity contribution is 5.87. The molecule has 0 bridgehead atoms. The van der Waals surface area contributed by atoms with E-state index in [0.29, 0.717) is 0 Å². The van der Waals surface area contributed by atoms with Crippen LogP contribution in [0.2, 0.25) is 0 Å². The summed E-state index contributed by atoms with van der Waals surface area (Å²) in [7, 11) is 0. The first kappa shape index (κ1) is 12.7. The number of carbonyl (C=O) groups excluding carboxylic acids is 1. The monoisotopic (exact) mass is 240 g/mol. The van der Waals surface area contributed by atoms with E-state index >= 15 is 0 Å². The number of carboxylic acids is 1. The molecule has 0 aliphatic heterocycles. The van der Waals surface area contributed by atoms with Crippen LogP contribution in [-0.4, -0.2) is 33.7 Å². The van der Waals surface area contributed by atoms with Crippen molar-refractivity contribution in [3.05, 3.63) is 12.0 Å². The fourth-order valence-corrected chi connectivity index (χ4v) is 1.03. The van der Waals surface area contributed by atoms with Crippen molar-refractivity contribution in [1.82, 2.24) is 9.97 Å². The van der Waals surface area contributed by atoms with E-state index in [1.54, 1.807) is 6.92 Å². The van der Waals surface area contributed by atoms with Crippen LogP contribution in [-0.2, 0) is 16.0 Å². The van der Waals surface area contributed by atoms with Crippen molar-refractivity contribution in [2.24, 2.45) is 0 Å². The summed E-state index contributed by atoms with van der Waals surface area (Å²) < 4.78 is 4.64. The average molecular weight is 240 g/mol. The number of nitrogens with zero attached hydrogens (tertiary/aromatic N) is 2. The number of aliphatic carboxylic acids is 1. The molecular weight excluding hydrogens is 228 g/mol. The zero-order valence-corrected chi connectivity index (χ0v) is 9.14. The van der Waals surface area contributed by atoms with Crippen molar-refractivity contribution >= 4 is 23.6 Å². The molecule has 0 saturated heterocycles. The Kier molecular flexibility index (Phi) is 4.21. The summed E-state index contributed by atoms with van der Waals surface area (Å²) in [6.45, 7) is 1.89. The molecule has 0 saturated carbocycles. The first-order valence-corrected chi connectivity index (χ1v) is 4.80. The summed E-state index contributed by atoms with van der Waals surface area (Å²) >= 11 is 0. The summed E-state index contributed by atoms with van der Waals surface area (Å²) in [5.41, 5.74) is 5.71. The number of ether oxygens (including phenoxy) is 1.